The minimum absolute atomic E-state index is 0.0765. The first-order chi connectivity index (χ1) is 16.7. The fourth-order valence-electron chi connectivity index (χ4n) is 4.69. The topological polar surface area (TPSA) is 88.7 Å². The Balaban J connectivity index is 1.26. The molecule has 2 N–H and O–H groups in total. The Morgan fingerprint density at radius 2 is 1.91 bits per heavy atom. The molecule has 1 aliphatic carbocycles. The van der Waals surface area contributed by atoms with Gasteiger partial charge in [0.15, 0.2) is 0 Å². The molecular formula is C26H31N7O. The number of nitriles is 1. The number of nitrogens with zero attached hydrogens (tertiary/aromatic N) is 5. The highest BCUT2D eigenvalue weighted by atomic mass is 16.2. The summed E-state index contributed by atoms with van der Waals surface area (Å²) in [6.45, 7) is 7.88. The van der Waals surface area contributed by atoms with Gasteiger partial charge in [0, 0.05) is 62.9 Å². The van der Waals surface area contributed by atoms with Gasteiger partial charge in [-0.15, -0.1) is 0 Å². The summed E-state index contributed by atoms with van der Waals surface area (Å²) in [6, 6.07) is 15.0. The van der Waals surface area contributed by atoms with Crippen molar-refractivity contribution in [2.24, 2.45) is 11.8 Å². The number of nitrogens with one attached hydrogen (secondary N) is 2. The van der Waals surface area contributed by atoms with E-state index in [1.54, 1.807) is 0 Å². The second kappa shape index (κ2) is 9.74. The second-order valence-corrected chi connectivity index (χ2v) is 9.02. The van der Waals surface area contributed by atoms with Crippen LogP contribution in [0.15, 0.2) is 48.8 Å². The standard InChI is InChI=1S/C26H31N7O/c1-2-28-9-10-29-22-5-3-19(4-6-22)21-16-25-24(7-8-30-33(25)18-21)31-11-13-32(14-12-31)26(34)23-15-20(23)17-27/h3-8,16,18,20,23,28-29H,2,9-15H2,1H3/t20-,23+/m1/s1. The van der Waals surface area contributed by atoms with Gasteiger partial charge in [0.1, 0.15) is 0 Å². The number of piperazine rings is 1. The van der Waals surface area contributed by atoms with Crippen LogP contribution in [-0.4, -0.2) is 66.2 Å². The molecule has 34 heavy (non-hydrogen) atoms. The van der Waals surface area contributed by atoms with Crippen molar-refractivity contribution in [2.75, 3.05) is 56.0 Å². The number of carbonyl (C=O) groups is 1. The van der Waals surface area contributed by atoms with Crippen molar-refractivity contribution >= 4 is 22.8 Å². The summed E-state index contributed by atoms with van der Waals surface area (Å²) >= 11 is 0. The lowest BCUT2D eigenvalue weighted by molar-refractivity contribution is -0.133. The average Bonchev–Trinajstić information content (AvgIpc) is 3.55. The van der Waals surface area contributed by atoms with Crippen molar-refractivity contribution < 1.29 is 4.79 Å². The van der Waals surface area contributed by atoms with Crippen LogP contribution in [0.5, 0.6) is 0 Å². The Labute approximate surface area is 200 Å². The van der Waals surface area contributed by atoms with E-state index >= 15 is 0 Å². The number of amides is 1. The molecule has 2 fully saturated rings. The quantitative estimate of drug-likeness (QED) is 0.506. The lowest BCUT2D eigenvalue weighted by Crippen LogP contribution is -2.49. The van der Waals surface area contributed by atoms with Crippen LogP contribution in [0.2, 0.25) is 0 Å². The molecule has 1 saturated carbocycles. The van der Waals surface area contributed by atoms with Crippen LogP contribution < -0.4 is 15.5 Å². The van der Waals surface area contributed by atoms with E-state index in [1.807, 2.05) is 15.6 Å². The maximum absolute atomic E-state index is 12.6. The van der Waals surface area contributed by atoms with Crippen molar-refractivity contribution in [2.45, 2.75) is 13.3 Å². The van der Waals surface area contributed by atoms with Crippen LogP contribution in [0.25, 0.3) is 16.6 Å². The van der Waals surface area contributed by atoms with E-state index in [4.69, 9.17) is 5.26 Å². The van der Waals surface area contributed by atoms with Gasteiger partial charge < -0.3 is 20.4 Å². The van der Waals surface area contributed by atoms with Gasteiger partial charge in [0.05, 0.1) is 29.1 Å². The molecule has 5 rings (SSSR count). The molecule has 2 atom stereocenters. The molecule has 1 aliphatic heterocycles. The Morgan fingerprint density at radius 1 is 1.12 bits per heavy atom. The summed E-state index contributed by atoms with van der Waals surface area (Å²) in [5.41, 5.74) is 5.60. The third-order valence-corrected chi connectivity index (χ3v) is 6.79. The van der Waals surface area contributed by atoms with Crippen molar-refractivity contribution in [3.63, 3.8) is 0 Å². The van der Waals surface area contributed by atoms with Gasteiger partial charge in [-0.1, -0.05) is 19.1 Å². The summed E-state index contributed by atoms with van der Waals surface area (Å²) in [5, 5.41) is 20.3. The first-order valence-corrected chi connectivity index (χ1v) is 12.1. The van der Waals surface area contributed by atoms with E-state index in [1.165, 1.54) is 0 Å². The number of benzene rings is 1. The second-order valence-electron chi connectivity index (χ2n) is 9.02. The first kappa shape index (κ1) is 22.2. The minimum Gasteiger partial charge on any atom is -0.384 e. The Kier molecular flexibility index (Phi) is 6.37. The van der Waals surface area contributed by atoms with E-state index in [2.05, 4.69) is 76.2 Å². The first-order valence-electron chi connectivity index (χ1n) is 12.1. The van der Waals surface area contributed by atoms with Gasteiger partial charge in [0.25, 0.3) is 0 Å². The summed E-state index contributed by atoms with van der Waals surface area (Å²) in [7, 11) is 0. The fraction of sp³-hybridized carbons (Fsp3) is 0.423. The highest BCUT2D eigenvalue weighted by Gasteiger charge is 2.45. The van der Waals surface area contributed by atoms with Crippen molar-refractivity contribution in [1.82, 2.24) is 19.8 Å². The van der Waals surface area contributed by atoms with E-state index < -0.39 is 0 Å². The van der Waals surface area contributed by atoms with Crippen LogP contribution in [0, 0.1) is 23.2 Å². The number of anilines is 2. The molecule has 8 heteroatoms. The van der Waals surface area contributed by atoms with Gasteiger partial charge >= 0.3 is 0 Å². The van der Waals surface area contributed by atoms with E-state index in [-0.39, 0.29) is 17.7 Å². The monoisotopic (exact) mass is 457 g/mol. The fourth-order valence-corrected chi connectivity index (χ4v) is 4.69. The molecule has 0 unspecified atom stereocenters. The van der Waals surface area contributed by atoms with Crippen LogP contribution >= 0.6 is 0 Å². The van der Waals surface area contributed by atoms with Gasteiger partial charge in [-0.05, 0) is 42.8 Å². The maximum Gasteiger partial charge on any atom is 0.227 e. The summed E-state index contributed by atoms with van der Waals surface area (Å²) in [4.78, 5) is 16.8. The smallest absolute Gasteiger partial charge is 0.227 e. The molecule has 0 spiro atoms. The minimum atomic E-state index is -0.0769. The molecule has 1 aromatic carbocycles. The molecule has 2 aliphatic rings. The van der Waals surface area contributed by atoms with Crippen molar-refractivity contribution in [3.05, 3.63) is 48.8 Å². The van der Waals surface area contributed by atoms with E-state index in [0.717, 1.165) is 67.2 Å². The SMILES string of the molecule is CCNCCNc1ccc(-c2cc3c(N4CCN(C(=O)[C@H]5C[C@@H]5C#N)CC4)ccnn3c2)cc1. The molecule has 0 radical (unpaired) electrons. The van der Waals surface area contributed by atoms with Crippen molar-refractivity contribution in [3.8, 4) is 17.2 Å². The van der Waals surface area contributed by atoms with E-state index in [9.17, 15) is 4.79 Å². The normalized spacial score (nSPS) is 19.8. The van der Waals surface area contributed by atoms with Gasteiger partial charge in [-0.25, -0.2) is 4.52 Å². The number of hydrogen-bond donors (Lipinski definition) is 2. The molecule has 3 heterocycles. The zero-order valence-electron chi connectivity index (χ0n) is 19.6. The molecule has 176 valence electrons. The predicted molar refractivity (Wildman–Crippen MR) is 134 cm³/mol. The number of rotatable bonds is 8. The number of aromatic nitrogens is 2. The van der Waals surface area contributed by atoms with Gasteiger partial charge in [-0.3, -0.25) is 4.79 Å². The lowest BCUT2D eigenvalue weighted by Gasteiger charge is -2.36. The van der Waals surface area contributed by atoms with Crippen LogP contribution in [0.4, 0.5) is 11.4 Å². The molecule has 1 saturated heterocycles. The third-order valence-electron chi connectivity index (χ3n) is 6.79. The summed E-state index contributed by atoms with van der Waals surface area (Å²) < 4.78 is 1.94. The zero-order chi connectivity index (χ0) is 23.5. The number of carbonyl (C=O) groups excluding carboxylic acids is 1. The summed E-state index contributed by atoms with van der Waals surface area (Å²) in [6.07, 6.45) is 4.63. The number of likely N-dealkylation sites (N-methyl/N-ethyl adjacent to an activating group) is 1. The van der Waals surface area contributed by atoms with Gasteiger partial charge in [0.2, 0.25) is 5.91 Å². The third kappa shape index (κ3) is 4.57. The predicted octanol–water partition coefficient (Wildman–Crippen LogP) is 2.83. The Hall–Kier alpha value is -3.57. The van der Waals surface area contributed by atoms with Crippen LogP contribution in [-0.2, 0) is 4.79 Å². The Morgan fingerprint density at radius 3 is 2.62 bits per heavy atom. The summed E-state index contributed by atoms with van der Waals surface area (Å²) in [5.74, 6) is -0.00465. The van der Waals surface area contributed by atoms with E-state index in [0.29, 0.717) is 13.1 Å². The molecular weight excluding hydrogens is 426 g/mol. The highest BCUT2D eigenvalue weighted by molar-refractivity contribution is 5.83. The maximum atomic E-state index is 12.6. The van der Waals surface area contributed by atoms with Crippen LogP contribution in [0.3, 0.4) is 0 Å². The number of fused-ring (bicyclic) bond motifs is 1. The zero-order valence-corrected chi connectivity index (χ0v) is 19.6. The largest absolute Gasteiger partial charge is 0.384 e. The van der Waals surface area contributed by atoms with Crippen molar-refractivity contribution in [1.29, 1.82) is 5.26 Å². The molecule has 0 bridgehead atoms. The molecule has 2 aromatic heterocycles. The lowest BCUT2D eigenvalue weighted by atomic mass is 10.1. The van der Waals surface area contributed by atoms with Crippen LogP contribution in [0.1, 0.15) is 13.3 Å². The molecule has 3 aromatic rings. The highest BCUT2D eigenvalue weighted by Crippen LogP contribution is 2.39. The van der Waals surface area contributed by atoms with Gasteiger partial charge in [-0.2, -0.15) is 10.4 Å². The molecule has 1 amide bonds. The molecule has 8 nitrogen and oxygen atoms in total. The average molecular weight is 458 g/mol. The Bertz CT molecular complexity index is 1190. The number of hydrogen-bond acceptors (Lipinski definition) is 6.